The van der Waals surface area contributed by atoms with E-state index in [4.69, 9.17) is 5.73 Å². The molecule has 1 amide bonds. The van der Waals surface area contributed by atoms with E-state index >= 15 is 0 Å². The number of nitrogens with two attached hydrogens (primary N) is 1. The summed E-state index contributed by atoms with van der Waals surface area (Å²) < 4.78 is 1.55. The third kappa shape index (κ3) is 4.90. The molecule has 19 heavy (non-hydrogen) atoms. The molecule has 6 nitrogen and oxygen atoms in total. The van der Waals surface area contributed by atoms with Crippen molar-refractivity contribution in [1.82, 2.24) is 20.0 Å². The highest BCUT2D eigenvalue weighted by Crippen LogP contribution is 2.10. The van der Waals surface area contributed by atoms with Gasteiger partial charge in [-0.3, -0.25) is 9.48 Å². The maximum Gasteiger partial charge on any atom is 0.274 e. The van der Waals surface area contributed by atoms with E-state index in [0.717, 1.165) is 13.0 Å². The molecule has 1 atom stereocenters. The fourth-order valence-electron chi connectivity index (χ4n) is 2.13. The molecule has 1 heterocycles. The second-order valence-electron chi connectivity index (χ2n) is 5.67. The molecule has 1 unspecified atom stereocenters. The van der Waals surface area contributed by atoms with Crippen molar-refractivity contribution in [3.63, 3.8) is 0 Å². The van der Waals surface area contributed by atoms with Crippen molar-refractivity contribution >= 4 is 11.6 Å². The summed E-state index contributed by atoms with van der Waals surface area (Å²) in [6, 6.07) is 0.101. The second-order valence-corrected chi connectivity index (χ2v) is 5.67. The van der Waals surface area contributed by atoms with E-state index in [1.54, 1.807) is 17.9 Å². The van der Waals surface area contributed by atoms with Gasteiger partial charge in [0.05, 0.1) is 5.69 Å². The highest BCUT2D eigenvalue weighted by Gasteiger charge is 2.19. The van der Waals surface area contributed by atoms with E-state index in [-0.39, 0.29) is 11.9 Å². The van der Waals surface area contributed by atoms with Crippen LogP contribution in [0.2, 0.25) is 0 Å². The first-order valence-corrected chi connectivity index (χ1v) is 6.54. The van der Waals surface area contributed by atoms with Gasteiger partial charge in [0.25, 0.3) is 5.91 Å². The number of nitrogen functional groups attached to an aromatic ring is 1. The standard InChI is InChI=1S/C13H25N5O/c1-9(2)6-10(7-17(3)4)15-13(19)12-11(14)8-18(5)16-12/h8-10H,6-7,14H2,1-5H3,(H,15,19). The molecule has 0 bridgehead atoms. The Kier molecular flexibility index (Phi) is 5.35. The summed E-state index contributed by atoms with van der Waals surface area (Å²) in [5, 5.41) is 7.10. The molecule has 6 heteroatoms. The van der Waals surface area contributed by atoms with Crippen molar-refractivity contribution in [2.45, 2.75) is 26.3 Å². The van der Waals surface area contributed by atoms with Crippen LogP contribution in [0, 0.1) is 5.92 Å². The highest BCUT2D eigenvalue weighted by molar-refractivity contribution is 5.97. The summed E-state index contributed by atoms with van der Waals surface area (Å²) in [5.74, 6) is 0.317. The molecule has 0 saturated heterocycles. The Bertz CT molecular complexity index is 415. The first-order chi connectivity index (χ1) is 8.79. The molecular formula is C13H25N5O. The van der Waals surface area contributed by atoms with E-state index < -0.39 is 0 Å². The van der Waals surface area contributed by atoms with Crippen molar-refractivity contribution in [2.24, 2.45) is 13.0 Å². The van der Waals surface area contributed by atoms with Crippen LogP contribution < -0.4 is 11.1 Å². The first kappa shape index (κ1) is 15.5. The molecular weight excluding hydrogens is 242 g/mol. The molecule has 0 aliphatic carbocycles. The maximum absolute atomic E-state index is 12.2. The normalized spacial score (nSPS) is 13.0. The summed E-state index contributed by atoms with van der Waals surface area (Å²) >= 11 is 0. The lowest BCUT2D eigenvalue weighted by Gasteiger charge is -2.23. The summed E-state index contributed by atoms with van der Waals surface area (Å²) in [4.78, 5) is 14.2. The van der Waals surface area contributed by atoms with Gasteiger partial charge in [-0.2, -0.15) is 5.10 Å². The number of anilines is 1. The van der Waals surface area contributed by atoms with Crippen molar-refractivity contribution in [3.8, 4) is 0 Å². The Balaban J connectivity index is 2.72. The van der Waals surface area contributed by atoms with E-state index in [0.29, 0.717) is 17.3 Å². The van der Waals surface area contributed by atoms with Gasteiger partial charge in [-0.05, 0) is 26.4 Å². The van der Waals surface area contributed by atoms with Crippen LogP contribution in [0.5, 0.6) is 0 Å². The Morgan fingerprint density at radius 3 is 2.58 bits per heavy atom. The van der Waals surface area contributed by atoms with Gasteiger partial charge in [0.15, 0.2) is 5.69 Å². The number of aryl methyl sites for hydroxylation is 1. The van der Waals surface area contributed by atoms with Crippen LogP contribution in [-0.2, 0) is 7.05 Å². The van der Waals surface area contributed by atoms with Crippen LogP contribution in [-0.4, -0.2) is 47.3 Å². The number of likely N-dealkylation sites (N-methyl/N-ethyl adjacent to an activating group) is 1. The lowest BCUT2D eigenvalue weighted by atomic mass is 10.0. The van der Waals surface area contributed by atoms with E-state index in [2.05, 4.69) is 29.2 Å². The van der Waals surface area contributed by atoms with E-state index in [1.165, 1.54) is 0 Å². The van der Waals surface area contributed by atoms with Crippen molar-refractivity contribution < 1.29 is 4.79 Å². The van der Waals surface area contributed by atoms with Gasteiger partial charge < -0.3 is 16.0 Å². The van der Waals surface area contributed by atoms with E-state index in [1.807, 2.05) is 14.1 Å². The minimum atomic E-state index is -0.203. The average Bonchev–Trinajstić information content (AvgIpc) is 2.55. The van der Waals surface area contributed by atoms with Gasteiger partial charge in [-0.25, -0.2) is 0 Å². The molecule has 3 N–H and O–H groups in total. The van der Waals surface area contributed by atoms with Gasteiger partial charge in [0.1, 0.15) is 0 Å². The second kappa shape index (κ2) is 6.56. The molecule has 0 fully saturated rings. The molecule has 0 aliphatic heterocycles. The number of aromatic nitrogens is 2. The Labute approximate surface area is 114 Å². The van der Waals surface area contributed by atoms with E-state index in [9.17, 15) is 4.79 Å². The van der Waals surface area contributed by atoms with Crippen LogP contribution in [0.15, 0.2) is 6.20 Å². The molecule has 108 valence electrons. The molecule has 1 aromatic rings. The number of amides is 1. The van der Waals surface area contributed by atoms with Crippen molar-refractivity contribution in [3.05, 3.63) is 11.9 Å². The maximum atomic E-state index is 12.2. The Morgan fingerprint density at radius 1 is 1.53 bits per heavy atom. The molecule has 1 rings (SSSR count). The summed E-state index contributed by atoms with van der Waals surface area (Å²) in [6.07, 6.45) is 2.56. The van der Waals surface area contributed by atoms with Crippen LogP contribution in [0.4, 0.5) is 5.69 Å². The summed E-state index contributed by atoms with van der Waals surface area (Å²) in [7, 11) is 5.74. The largest absolute Gasteiger partial charge is 0.396 e. The zero-order valence-electron chi connectivity index (χ0n) is 12.5. The molecule has 0 radical (unpaired) electrons. The van der Waals surface area contributed by atoms with Crippen LogP contribution in [0.25, 0.3) is 0 Å². The summed E-state index contributed by atoms with van der Waals surface area (Å²) in [5.41, 5.74) is 6.48. The predicted molar refractivity (Wildman–Crippen MR) is 76.9 cm³/mol. The van der Waals surface area contributed by atoms with Gasteiger partial charge in [-0.1, -0.05) is 13.8 Å². The van der Waals surface area contributed by atoms with Crippen LogP contribution in [0.1, 0.15) is 30.8 Å². The monoisotopic (exact) mass is 267 g/mol. The number of hydrogen-bond donors (Lipinski definition) is 2. The predicted octanol–water partition coefficient (Wildman–Crippen LogP) is 0.708. The molecule has 0 aromatic carbocycles. The molecule has 0 saturated carbocycles. The Morgan fingerprint density at radius 2 is 2.16 bits per heavy atom. The SMILES string of the molecule is CC(C)CC(CN(C)C)NC(=O)c1nn(C)cc1N. The third-order valence-electron chi connectivity index (χ3n) is 2.75. The quantitative estimate of drug-likeness (QED) is 0.796. The number of rotatable bonds is 6. The zero-order valence-corrected chi connectivity index (χ0v) is 12.5. The third-order valence-corrected chi connectivity index (χ3v) is 2.75. The van der Waals surface area contributed by atoms with Gasteiger partial charge in [-0.15, -0.1) is 0 Å². The van der Waals surface area contributed by atoms with Crippen molar-refractivity contribution in [1.29, 1.82) is 0 Å². The Hall–Kier alpha value is -1.56. The highest BCUT2D eigenvalue weighted by atomic mass is 16.2. The number of carbonyl (C=O) groups excluding carboxylic acids is 1. The molecule has 1 aromatic heterocycles. The summed E-state index contributed by atoms with van der Waals surface area (Å²) in [6.45, 7) is 5.09. The zero-order chi connectivity index (χ0) is 14.6. The van der Waals surface area contributed by atoms with Gasteiger partial charge >= 0.3 is 0 Å². The number of nitrogens with one attached hydrogen (secondary N) is 1. The first-order valence-electron chi connectivity index (χ1n) is 6.54. The molecule has 0 aliphatic rings. The van der Waals surface area contributed by atoms with Gasteiger partial charge in [0, 0.05) is 25.8 Å². The average molecular weight is 267 g/mol. The smallest absolute Gasteiger partial charge is 0.274 e. The van der Waals surface area contributed by atoms with Crippen LogP contribution >= 0.6 is 0 Å². The van der Waals surface area contributed by atoms with Crippen molar-refractivity contribution in [2.75, 3.05) is 26.4 Å². The number of nitrogens with zero attached hydrogens (tertiary/aromatic N) is 3. The van der Waals surface area contributed by atoms with Gasteiger partial charge in [0.2, 0.25) is 0 Å². The minimum Gasteiger partial charge on any atom is -0.396 e. The fourth-order valence-corrected chi connectivity index (χ4v) is 2.13. The fraction of sp³-hybridized carbons (Fsp3) is 0.692. The molecule has 0 spiro atoms. The number of hydrogen-bond acceptors (Lipinski definition) is 4. The van der Waals surface area contributed by atoms with Crippen LogP contribution in [0.3, 0.4) is 0 Å². The lowest BCUT2D eigenvalue weighted by Crippen LogP contribution is -2.42. The topological polar surface area (TPSA) is 76.2 Å². The number of carbonyl (C=O) groups is 1. The lowest BCUT2D eigenvalue weighted by molar-refractivity contribution is 0.0919. The minimum absolute atomic E-state index is 0.101.